The van der Waals surface area contributed by atoms with E-state index in [2.05, 4.69) is 5.32 Å². The fourth-order valence-corrected chi connectivity index (χ4v) is 1.83. The molecule has 0 unspecified atom stereocenters. The third-order valence-corrected chi connectivity index (χ3v) is 2.74. The third-order valence-electron chi connectivity index (χ3n) is 2.44. The largest absolute Gasteiger partial charge is 0.364 e. The first-order valence-corrected chi connectivity index (χ1v) is 6.13. The molecule has 1 rings (SSSR count). The number of nitrogens with zero attached hydrogens (tertiary/aromatic N) is 2. The molecule has 1 aromatic carbocycles. The van der Waals surface area contributed by atoms with Gasteiger partial charge in [-0.3, -0.25) is 4.79 Å². The van der Waals surface area contributed by atoms with Gasteiger partial charge in [0.25, 0.3) is 0 Å². The van der Waals surface area contributed by atoms with E-state index in [1.807, 2.05) is 13.0 Å². The van der Waals surface area contributed by atoms with Crippen LogP contribution in [-0.4, -0.2) is 26.0 Å². The number of rotatable bonds is 5. The summed E-state index contributed by atoms with van der Waals surface area (Å²) in [6, 6.07) is 7.04. The summed E-state index contributed by atoms with van der Waals surface area (Å²) < 4.78 is 0. The van der Waals surface area contributed by atoms with E-state index in [-0.39, 0.29) is 12.5 Å². The second-order valence-electron chi connectivity index (χ2n) is 3.98. The predicted octanol–water partition coefficient (Wildman–Crippen LogP) is 2.17. The lowest BCUT2D eigenvalue weighted by Gasteiger charge is -2.20. The molecule has 0 aliphatic heterocycles. The summed E-state index contributed by atoms with van der Waals surface area (Å²) in [5.74, 6) is -0.0419. The third kappa shape index (κ3) is 3.94. The Balaban J connectivity index is 2.70. The lowest BCUT2D eigenvalue weighted by molar-refractivity contribution is -0.119. The second kappa shape index (κ2) is 6.87. The number of nitriles is 1. The molecule has 4 nitrogen and oxygen atoms in total. The summed E-state index contributed by atoms with van der Waals surface area (Å²) in [6.07, 6.45) is 0.910. The first-order valence-electron chi connectivity index (χ1n) is 5.76. The first-order chi connectivity index (χ1) is 8.58. The van der Waals surface area contributed by atoms with Gasteiger partial charge in [-0.2, -0.15) is 5.26 Å². The molecule has 0 heterocycles. The van der Waals surface area contributed by atoms with Crippen LogP contribution in [0.2, 0.25) is 5.02 Å². The maximum Gasteiger partial charge on any atom is 0.239 e. The number of anilines is 1. The average Bonchev–Trinajstić information content (AvgIpc) is 2.35. The highest BCUT2D eigenvalue weighted by Crippen LogP contribution is 2.25. The minimum absolute atomic E-state index is 0.0419. The number of amides is 1. The van der Waals surface area contributed by atoms with E-state index < -0.39 is 0 Å². The van der Waals surface area contributed by atoms with Crippen molar-refractivity contribution in [3.05, 3.63) is 28.8 Å². The highest BCUT2D eigenvalue weighted by molar-refractivity contribution is 6.33. The van der Waals surface area contributed by atoms with Crippen molar-refractivity contribution in [1.82, 2.24) is 5.32 Å². The Bertz CT molecular complexity index is 468. The number of nitrogens with one attached hydrogen (secondary N) is 1. The summed E-state index contributed by atoms with van der Waals surface area (Å²) in [5.41, 5.74) is 1.25. The van der Waals surface area contributed by atoms with Gasteiger partial charge in [0.15, 0.2) is 0 Å². The van der Waals surface area contributed by atoms with E-state index in [4.69, 9.17) is 16.9 Å². The van der Waals surface area contributed by atoms with Crippen LogP contribution in [0.25, 0.3) is 0 Å². The van der Waals surface area contributed by atoms with Crippen LogP contribution >= 0.6 is 11.6 Å². The lowest BCUT2D eigenvalue weighted by Crippen LogP contribution is -2.35. The molecule has 1 aromatic rings. The Morgan fingerprint density at radius 3 is 2.83 bits per heavy atom. The Kier molecular flexibility index (Phi) is 5.47. The zero-order valence-electron chi connectivity index (χ0n) is 10.5. The summed E-state index contributed by atoms with van der Waals surface area (Å²) in [4.78, 5) is 13.3. The molecule has 18 heavy (non-hydrogen) atoms. The van der Waals surface area contributed by atoms with Crippen LogP contribution in [0.5, 0.6) is 0 Å². The molecule has 0 spiro atoms. The van der Waals surface area contributed by atoms with Crippen LogP contribution in [0.4, 0.5) is 5.69 Å². The van der Waals surface area contributed by atoms with Gasteiger partial charge in [0, 0.05) is 13.6 Å². The number of benzene rings is 1. The van der Waals surface area contributed by atoms with Crippen molar-refractivity contribution in [1.29, 1.82) is 5.26 Å². The van der Waals surface area contributed by atoms with Crippen molar-refractivity contribution >= 4 is 23.2 Å². The molecule has 0 atom stereocenters. The van der Waals surface area contributed by atoms with Crippen molar-refractivity contribution in [2.45, 2.75) is 13.3 Å². The Morgan fingerprint density at radius 1 is 1.56 bits per heavy atom. The fourth-order valence-electron chi connectivity index (χ4n) is 1.51. The summed E-state index contributed by atoms with van der Waals surface area (Å²) in [7, 11) is 1.79. The molecular formula is C13H16ClN3O. The quantitative estimate of drug-likeness (QED) is 0.888. The van der Waals surface area contributed by atoms with Gasteiger partial charge < -0.3 is 10.2 Å². The predicted molar refractivity (Wildman–Crippen MR) is 72.7 cm³/mol. The molecule has 0 bridgehead atoms. The topological polar surface area (TPSA) is 56.1 Å². The molecule has 96 valence electrons. The Morgan fingerprint density at radius 2 is 2.28 bits per heavy atom. The van der Waals surface area contributed by atoms with E-state index in [0.717, 1.165) is 12.1 Å². The zero-order valence-corrected chi connectivity index (χ0v) is 11.3. The molecule has 5 heteroatoms. The standard InChI is InChI=1S/C13H16ClN3O/c1-3-6-16-13(18)9-17(2)12-5-4-10(8-15)7-11(12)14/h4-5,7H,3,6,9H2,1-2H3,(H,16,18). The molecule has 0 radical (unpaired) electrons. The molecule has 0 aliphatic carbocycles. The number of carbonyl (C=O) groups excluding carboxylic acids is 1. The second-order valence-corrected chi connectivity index (χ2v) is 4.39. The van der Waals surface area contributed by atoms with Crippen LogP contribution in [0.3, 0.4) is 0 Å². The number of hydrogen-bond donors (Lipinski definition) is 1. The van der Waals surface area contributed by atoms with E-state index in [1.54, 1.807) is 30.1 Å². The fraction of sp³-hybridized carbons (Fsp3) is 0.385. The SMILES string of the molecule is CCCNC(=O)CN(C)c1ccc(C#N)cc1Cl. The Labute approximate surface area is 112 Å². The highest BCUT2D eigenvalue weighted by atomic mass is 35.5. The van der Waals surface area contributed by atoms with Crippen LogP contribution in [0.15, 0.2) is 18.2 Å². The first kappa shape index (κ1) is 14.3. The van der Waals surface area contributed by atoms with Gasteiger partial charge in [-0.05, 0) is 24.6 Å². The van der Waals surface area contributed by atoms with Gasteiger partial charge in [-0.1, -0.05) is 18.5 Å². The summed E-state index contributed by atoms with van der Waals surface area (Å²) in [5, 5.41) is 12.0. The van der Waals surface area contributed by atoms with Gasteiger partial charge in [0.05, 0.1) is 28.9 Å². The van der Waals surface area contributed by atoms with Crippen LogP contribution in [-0.2, 0) is 4.79 Å². The molecular weight excluding hydrogens is 250 g/mol. The average molecular weight is 266 g/mol. The van der Waals surface area contributed by atoms with Crippen LogP contribution in [0, 0.1) is 11.3 Å². The Hall–Kier alpha value is -1.73. The molecule has 0 aliphatic rings. The smallest absolute Gasteiger partial charge is 0.239 e. The maximum absolute atomic E-state index is 11.6. The van der Waals surface area contributed by atoms with Gasteiger partial charge in [0.2, 0.25) is 5.91 Å². The number of likely N-dealkylation sites (N-methyl/N-ethyl adjacent to an activating group) is 1. The number of halogens is 1. The summed E-state index contributed by atoms with van der Waals surface area (Å²) in [6.45, 7) is 2.92. The van der Waals surface area contributed by atoms with Crippen molar-refractivity contribution in [3.8, 4) is 6.07 Å². The number of carbonyl (C=O) groups is 1. The van der Waals surface area contributed by atoms with Crippen molar-refractivity contribution < 1.29 is 4.79 Å². The zero-order chi connectivity index (χ0) is 13.5. The van der Waals surface area contributed by atoms with Crippen molar-refractivity contribution in [3.63, 3.8) is 0 Å². The maximum atomic E-state index is 11.6. The van der Waals surface area contributed by atoms with Gasteiger partial charge in [0.1, 0.15) is 0 Å². The van der Waals surface area contributed by atoms with Gasteiger partial charge in [-0.25, -0.2) is 0 Å². The van der Waals surface area contributed by atoms with E-state index in [9.17, 15) is 4.79 Å². The normalized spacial score (nSPS) is 9.67. The van der Waals surface area contributed by atoms with Crippen LogP contribution < -0.4 is 10.2 Å². The van der Waals surface area contributed by atoms with E-state index >= 15 is 0 Å². The molecule has 0 aromatic heterocycles. The number of hydrogen-bond acceptors (Lipinski definition) is 3. The summed E-state index contributed by atoms with van der Waals surface area (Å²) >= 11 is 6.07. The van der Waals surface area contributed by atoms with Gasteiger partial charge in [-0.15, -0.1) is 0 Å². The lowest BCUT2D eigenvalue weighted by atomic mass is 10.2. The highest BCUT2D eigenvalue weighted by Gasteiger charge is 2.10. The molecule has 1 amide bonds. The van der Waals surface area contributed by atoms with Crippen molar-refractivity contribution in [2.24, 2.45) is 0 Å². The van der Waals surface area contributed by atoms with Gasteiger partial charge >= 0.3 is 0 Å². The minimum atomic E-state index is -0.0419. The monoisotopic (exact) mass is 265 g/mol. The molecule has 1 N–H and O–H groups in total. The van der Waals surface area contributed by atoms with Crippen molar-refractivity contribution in [2.75, 3.05) is 25.0 Å². The van der Waals surface area contributed by atoms with Crippen LogP contribution in [0.1, 0.15) is 18.9 Å². The van der Waals surface area contributed by atoms with E-state index in [1.165, 1.54) is 0 Å². The molecule has 0 saturated carbocycles. The molecule has 0 saturated heterocycles. The van der Waals surface area contributed by atoms with E-state index in [0.29, 0.717) is 17.1 Å². The minimum Gasteiger partial charge on any atom is -0.364 e. The molecule has 0 fully saturated rings.